The molecule has 6 nitrogen and oxygen atoms in total. The van der Waals surface area contributed by atoms with Gasteiger partial charge in [-0.05, 0) is 54.9 Å². The van der Waals surface area contributed by atoms with Gasteiger partial charge >= 0.3 is 4.87 Å². The molecule has 0 aliphatic carbocycles. The fourth-order valence-electron chi connectivity index (χ4n) is 2.53. The molecule has 0 atom stereocenters. The van der Waals surface area contributed by atoms with Crippen molar-refractivity contribution in [3.8, 4) is 11.1 Å². The number of aryl methyl sites for hydroxylation is 3. The summed E-state index contributed by atoms with van der Waals surface area (Å²) in [6.45, 7) is 5.93. The maximum Gasteiger partial charge on any atom is 0.324 e. The molecule has 0 spiro atoms. The summed E-state index contributed by atoms with van der Waals surface area (Å²) in [5.74, 6) is -0.347. The Morgan fingerprint density at radius 1 is 1.17 bits per heavy atom. The second-order valence-corrected chi connectivity index (χ2v) is 6.52. The Balaban J connectivity index is 2.05. The molecule has 0 saturated heterocycles. The summed E-state index contributed by atoms with van der Waals surface area (Å²) in [7, 11) is 0. The van der Waals surface area contributed by atoms with Crippen LogP contribution in [0.4, 0.5) is 5.13 Å². The van der Waals surface area contributed by atoms with E-state index in [-0.39, 0.29) is 15.9 Å². The fraction of sp³-hybridized carbons (Fsp3) is 0.176. The Morgan fingerprint density at radius 2 is 1.96 bits per heavy atom. The maximum atomic E-state index is 12.6. The summed E-state index contributed by atoms with van der Waals surface area (Å²) in [6.07, 6.45) is 1.55. The van der Waals surface area contributed by atoms with E-state index < -0.39 is 0 Å². The third kappa shape index (κ3) is 3.26. The molecular formula is C17H16N4O2S. The van der Waals surface area contributed by atoms with Crippen LogP contribution in [0.25, 0.3) is 11.1 Å². The molecule has 2 heterocycles. The number of pyridine rings is 1. The number of benzene rings is 1. The molecule has 3 aromatic rings. The molecule has 0 unspecified atom stereocenters. The van der Waals surface area contributed by atoms with Gasteiger partial charge in [-0.15, -0.1) is 5.10 Å². The topological polar surface area (TPSA) is 87.7 Å². The summed E-state index contributed by atoms with van der Waals surface area (Å²) in [4.78, 5) is 27.7. The van der Waals surface area contributed by atoms with Gasteiger partial charge in [0.15, 0.2) is 0 Å². The van der Waals surface area contributed by atoms with Crippen LogP contribution in [0.1, 0.15) is 27.2 Å². The van der Waals surface area contributed by atoms with Crippen molar-refractivity contribution in [1.82, 2.24) is 15.2 Å². The zero-order valence-electron chi connectivity index (χ0n) is 13.5. The molecular weight excluding hydrogens is 324 g/mol. The first-order valence-corrected chi connectivity index (χ1v) is 8.17. The zero-order chi connectivity index (χ0) is 17.3. The maximum absolute atomic E-state index is 12.6. The van der Waals surface area contributed by atoms with Crippen molar-refractivity contribution in [2.24, 2.45) is 0 Å². The number of carbonyl (C=O) groups is 1. The van der Waals surface area contributed by atoms with Gasteiger partial charge in [0.05, 0.1) is 5.56 Å². The van der Waals surface area contributed by atoms with E-state index in [4.69, 9.17) is 0 Å². The number of anilines is 1. The molecule has 24 heavy (non-hydrogen) atoms. The first-order chi connectivity index (χ1) is 11.4. The van der Waals surface area contributed by atoms with Crippen LogP contribution >= 0.6 is 11.3 Å². The molecule has 0 bridgehead atoms. The van der Waals surface area contributed by atoms with Crippen LogP contribution in [0.15, 0.2) is 35.3 Å². The van der Waals surface area contributed by atoms with E-state index in [1.807, 2.05) is 39.0 Å². The molecule has 0 aliphatic heterocycles. The van der Waals surface area contributed by atoms with Crippen LogP contribution < -0.4 is 10.2 Å². The van der Waals surface area contributed by atoms with E-state index in [1.54, 1.807) is 6.20 Å². The van der Waals surface area contributed by atoms with Gasteiger partial charge in [-0.1, -0.05) is 23.8 Å². The van der Waals surface area contributed by atoms with Crippen molar-refractivity contribution >= 4 is 22.4 Å². The van der Waals surface area contributed by atoms with Gasteiger partial charge in [0.1, 0.15) is 0 Å². The zero-order valence-corrected chi connectivity index (χ0v) is 14.3. The lowest BCUT2D eigenvalue weighted by Gasteiger charge is -2.12. The fourth-order valence-corrected chi connectivity index (χ4v) is 3.03. The summed E-state index contributed by atoms with van der Waals surface area (Å²) < 4.78 is 0. The van der Waals surface area contributed by atoms with Gasteiger partial charge in [0.2, 0.25) is 5.13 Å². The van der Waals surface area contributed by atoms with Gasteiger partial charge in [0.25, 0.3) is 5.91 Å². The van der Waals surface area contributed by atoms with Gasteiger partial charge in [-0.25, -0.2) is 5.10 Å². The van der Waals surface area contributed by atoms with Crippen molar-refractivity contribution in [2.75, 3.05) is 5.32 Å². The third-order valence-electron chi connectivity index (χ3n) is 3.62. The number of nitrogens with zero attached hydrogens (tertiary/aromatic N) is 2. The lowest BCUT2D eigenvalue weighted by molar-refractivity contribution is 0.102. The highest BCUT2D eigenvalue weighted by Crippen LogP contribution is 2.28. The number of hydrogen-bond acceptors (Lipinski definition) is 5. The Labute approximate surface area is 142 Å². The Hall–Kier alpha value is -2.80. The highest BCUT2D eigenvalue weighted by atomic mass is 32.1. The highest BCUT2D eigenvalue weighted by Gasteiger charge is 2.17. The van der Waals surface area contributed by atoms with E-state index in [0.717, 1.165) is 39.3 Å². The number of nitrogens with one attached hydrogen (secondary N) is 2. The lowest BCUT2D eigenvalue weighted by atomic mass is 9.95. The first kappa shape index (κ1) is 16.1. The predicted molar refractivity (Wildman–Crippen MR) is 94.6 cm³/mol. The number of rotatable bonds is 3. The van der Waals surface area contributed by atoms with Crippen LogP contribution in [0.3, 0.4) is 0 Å². The molecule has 1 amide bonds. The number of hydrogen-bond donors (Lipinski definition) is 2. The molecule has 1 aromatic carbocycles. The molecule has 122 valence electrons. The highest BCUT2D eigenvalue weighted by molar-refractivity contribution is 7.13. The minimum absolute atomic E-state index is 0.233. The SMILES string of the molecule is Cc1ccc(-c2cc(C)ncc2C(=O)Nc2n[nH]c(=O)s2)c(C)c1. The molecule has 0 aliphatic rings. The quantitative estimate of drug-likeness (QED) is 0.767. The molecule has 7 heteroatoms. The molecule has 0 fully saturated rings. The van der Waals surface area contributed by atoms with Gasteiger partial charge in [-0.2, -0.15) is 0 Å². The van der Waals surface area contributed by atoms with E-state index in [0.29, 0.717) is 5.56 Å². The normalized spacial score (nSPS) is 10.6. The van der Waals surface area contributed by atoms with E-state index >= 15 is 0 Å². The third-order valence-corrected chi connectivity index (χ3v) is 4.28. The van der Waals surface area contributed by atoms with Crippen molar-refractivity contribution in [2.45, 2.75) is 20.8 Å². The number of aromatic amines is 1. The van der Waals surface area contributed by atoms with E-state index in [2.05, 4.69) is 26.6 Å². The minimum Gasteiger partial charge on any atom is -0.296 e. The number of amides is 1. The van der Waals surface area contributed by atoms with Gasteiger partial charge in [0, 0.05) is 11.9 Å². The average Bonchev–Trinajstić information content (AvgIpc) is 2.92. The molecule has 0 saturated carbocycles. The second kappa shape index (κ2) is 6.37. The Morgan fingerprint density at radius 3 is 2.62 bits per heavy atom. The van der Waals surface area contributed by atoms with Crippen LogP contribution in [0, 0.1) is 20.8 Å². The predicted octanol–water partition coefficient (Wildman–Crippen LogP) is 3.07. The van der Waals surface area contributed by atoms with E-state index in [9.17, 15) is 9.59 Å². The smallest absolute Gasteiger partial charge is 0.296 e. The molecule has 3 rings (SSSR count). The molecule has 2 N–H and O–H groups in total. The molecule has 2 aromatic heterocycles. The van der Waals surface area contributed by atoms with Crippen molar-refractivity contribution < 1.29 is 4.79 Å². The summed E-state index contributed by atoms with van der Waals surface area (Å²) in [6, 6.07) is 7.98. The number of aromatic nitrogens is 3. The van der Waals surface area contributed by atoms with Crippen molar-refractivity contribution in [1.29, 1.82) is 0 Å². The van der Waals surface area contributed by atoms with Crippen molar-refractivity contribution in [3.05, 3.63) is 62.5 Å². The molecule has 0 radical (unpaired) electrons. The van der Waals surface area contributed by atoms with Crippen LogP contribution in [-0.4, -0.2) is 21.1 Å². The number of carbonyl (C=O) groups excluding carboxylic acids is 1. The standard InChI is InChI=1S/C17H16N4O2S/c1-9-4-5-12(10(2)6-9)13-7-11(3)18-8-14(13)15(22)19-16-20-21-17(23)24-16/h4-8H,1-3H3,(H,21,23)(H,19,20,22). The van der Waals surface area contributed by atoms with E-state index in [1.165, 1.54) is 0 Å². The Kier molecular flexibility index (Phi) is 4.26. The monoisotopic (exact) mass is 340 g/mol. The van der Waals surface area contributed by atoms with Crippen LogP contribution in [0.2, 0.25) is 0 Å². The minimum atomic E-state index is -0.347. The van der Waals surface area contributed by atoms with Crippen molar-refractivity contribution in [3.63, 3.8) is 0 Å². The van der Waals surface area contributed by atoms with Gasteiger partial charge in [-0.3, -0.25) is 19.9 Å². The lowest BCUT2D eigenvalue weighted by Crippen LogP contribution is -2.14. The van der Waals surface area contributed by atoms with Gasteiger partial charge < -0.3 is 0 Å². The first-order valence-electron chi connectivity index (χ1n) is 7.35. The Bertz CT molecular complexity index is 975. The van der Waals surface area contributed by atoms with Crippen LogP contribution in [-0.2, 0) is 0 Å². The summed E-state index contributed by atoms with van der Waals surface area (Å²) in [5, 5.41) is 8.91. The number of H-pyrrole nitrogens is 1. The summed E-state index contributed by atoms with van der Waals surface area (Å²) in [5.41, 5.74) is 5.29. The average molecular weight is 340 g/mol. The summed E-state index contributed by atoms with van der Waals surface area (Å²) >= 11 is 0.846. The van der Waals surface area contributed by atoms with Crippen LogP contribution in [0.5, 0.6) is 0 Å². The second-order valence-electron chi connectivity index (χ2n) is 5.56. The largest absolute Gasteiger partial charge is 0.324 e.